The molecule has 0 unspecified atom stereocenters. The highest BCUT2D eigenvalue weighted by molar-refractivity contribution is 5.82. The smallest absolute Gasteiger partial charge is 0.241 e. The number of halogens is 1. The van der Waals surface area contributed by atoms with Gasteiger partial charge in [-0.25, -0.2) is 4.39 Å². The van der Waals surface area contributed by atoms with Crippen molar-refractivity contribution in [3.8, 4) is 11.5 Å². The van der Waals surface area contributed by atoms with E-state index in [4.69, 9.17) is 4.74 Å². The summed E-state index contributed by atoms with van der Waals surface area (Å²) in [5.41, 5.74) is 0.412. The molecule has 0 aliphatic carbocycles. The van der Waals surface area contributed by atoms with Crippen molar-refractivity contribution in [3.63, 3.8) is 0 Å². The Bertz CT molecular complexity index is 805. The van der Waals surface area contributed by atoms with Gasteiger partial charge >= 0.3 is 0 Å². The van der Waals surface area contributed by atoms with E-state index in [1.165, 1.54) is 25.1 Å². The Balaban J connectivity index is 1.61. The van der Waals surface area contributed by atoms with Crippen LogP contribution in [-0.2, 0) is 9.59 Å². The third kappa shape index (κ3) is 4.97. The molecule has 1 fully saturated rings. The first kappa shape index (κ1) is 18.7. The molecule has 0 aromatic heterocycles. The zero-order valence-electron chi connectivity index (χ0n) is 15.2. The number of nitrogens with zero attached hydrogens (tertiary/aromatic N) is 2. The molecule has 7 heteroatoms. The number of anilines is 1. The average molecular weight is 371 g/mol. The Morgan fingerprint density at radius 2 is 1.70 bits per heavy atom. The Kier molecular flexibility index (Phi) is 5.90. The van der Waals surface area contributed by atoms with Crippen molar-refractivity contribution in [2.75, 3.05) is 38.0 Å². The number of nitrogens with one attached hydrogen (secondary N) is 1. The van der Waals surface area contributed by atoms with E-state index in [2.05, 4.69) is 5.32 Å². The highest BCUT2D eigenvalue weighted by Crippen LogP contribution is 2.30. The van der Waals surface area contributed by atoms with Crippen molar-refractivity contribution < 1.29 is 18.7 Å². The molecule has 1 N–H and O–H groups in total. The Labute approximate surface area is 157 Å². The Morgan fingerprint density at radius 1 is 1.04 bits per heavy atom. The second-order valence-electron chi connectivity index (χ2n) is 6.30. The molecule has 142 valence electrons. The minimum Gasteiger partial charge on any atom is -0.455 e. The maximum Gasteiger partial charge on any atom is 0.241 e. The minimum atomic E-state index is -0.416. The summed E-state index contributed by atoms with van der Waals surface area (Å²) in [4.78, 5) is 27.2. The predicted molar refractivity (Wildman–Crippen MR) is 100 cm³/mol. The van der Waals surface area contributed by atoms with Crippen LogP contribution in [0.15, 0.2) is 48.5 Å². The molecular weight excluding hydrogens is 349 g/mol. The molecule has 1 aliphatic rings. The lowest BCUT2D eigenvalue weighted by atomic mass is 10.2. The van der Waals surface area contributed by atoms with E-state index in [1.807, 2.05) is 18.2 Å². The number of hydrogen-bond acceptors (Lipinski definition) is 4. The SMILES string of the molecule is CC(=O)N1CCN(C(=O)CNc2cc(F)ccc2Oc2ccccc2)CC1. The molecule has 2 aromatic rings. The summed E-state index contributed by atoms with van der Waals surface area (Å²) in [6.07, 6.45) is 0. The van der Waals surface area contributed by atoms with E-state index >= 15 is 0 Å². The number of carbonyl (C=O) groups excluding carboxylic acids is 2. The van der Waals surface area contributed by atoms with Gasteiger partial charge in [-0.1, -0.05) is 18.2 Å². The number of ether oxygens (including phenoxy) is 1. The number of carbonyl (C=O) groups is 2. The van der Waals surface area contributed by atoms with Crippen molar-refractivity contribution in [1.82, 2.24) is 9.80 Å². The zero-order valence-corrected chi connectivity index (χ0v) is 15.2. The van der Waals surface area contributed by atoms with E-state index in [1.54, 1.807) is 21.9 Å². The maximum atomic E-state index is 13.7. The summed E-state index contributed by atoms with van der Waals surface area (Å²) >= 11 is 0. The second kappa shape index (κ2) is 8.53. The fourth-order valence-corrected chi connectivity index (χ4v) is 2.90. The molecule has 0 saturated carbocycles. The lowest BCUT2D eigenvalue weighted by molar-refractivity contribution is -0.137. The quantitative estimate of drug-likeness (QED) is 0.878. The summed E-state index contributed by atoms with van der Waals surface area (Å²) < 4.78 is 19.4. The molecule has 0 atom stereocenters. The highest BCUT2D eigenvalue weighted by Gasteiger charge is 2.22. The second-order valence-corrected chi connectivity index (χ2v) is 6.30. The summed E-state index contributed by atoms with van der Waals surface area (Å²) in [5, 5.41) is 2.97. The zero-order chi connectivity index (χ0) is 19.2. The van der Waals surface area contributed by atoms with Crippen molar-refractivity contribution in [1.29, 1.82) is 0 Å². The molecule has 0 spiro atoms. The molecule has 6 nitrogen and oxygen atoms in total. The molecule has 0 bridgehead atoms. The molecule has 1 aliphatic heterocycles. The normalized spacial score (nSPS) is 14.0. The lowest BCUT2D eigenvalue weighted by Gasteiger charge is -2.34. The average Bonchev–Trinajstić information content (AvgIpc) is 2.68. The maximum absolute atomic E-state index is 13.7. The third-order valence-electron chi connectivity index (χ3n) is 4.42. The van der Waals surface area contributed by atoms with Crippen molar-refractivity contribution in [3.05, 3.63) is 54.3 Å². The number of rotatable bonds is 5. The van der Waals surface area contributed by atoms with Gasteiger partial charge < -0.3 is 19.9 Å². The molecule has 0 radical (unpaired) electrons. The molecule has 2 amide bonds. The van der Waals surface area contributed by atoms with E-state index in [0.717, 1.165) is 0 Å². The van der Waals surface area contributed by atoms with Gasteiger partial charge in [-0.3, -0.25) is 9.59 Å². The first-order valence-corrected chi connectivity index (χ1v) is 8.82. The molecule has 2 aromatic carbocycles. The number of piperazine rings is 1. The highest BCUT2D eigenvalue weighted by atomic mass is 19.1. The van der Waals surface area contributed by atoms with Gasteiger partial charge in [-0.15, -0.1) is 0 Å². The topological polar surface area (TPSA) is 61.9 Å². The van der Waals surface area contributed by atoms with Crippen LogP contribution in [0.25, 0.3) is 0 Å². The number of hydrogen-bond donors (Lipinski definition) is 1. The Hall–Kier alpha value is -3.09. The first-order valence-electron chi connectivity index (χ1n) is 8.82. The standard InChI is InChI=1S/C20H22FN3O3/c1-15(25)23-9-11-24(12-10-23)20(26)14-22-18-13-16(21)7-8-19(18)27-17-5-3-2-4-6-17/h2-8,13,22H,9-12,14H2,1H3. The summed E-state index contributed by atoms with van der Waals surface area (Å²) in [6, 6.07) is 13.3. The van der Waals surface area contributed by atoms with Gasteiger partial charge in [0.25, 0.3) is 0 Å². The van der Waals surface area contributed by atoms with Gasteiger partial charge in [0.15, 0.2) is 5.75 Å². The van der Waals surface area contributed by atoms with Crippen molar-refractivity contribution in [2.24, 2.45) is 0 Å². The van der Waals surface area contributed by atoms with E-state index in [9.17, 15) is 14.0 Å². The summed E-state index contributed by atoms with van der Waals surface area (Å²) in [5.74, 6) is 0.562. The van der Waals surface area contributed by atoms with Crippen LogP contribution in [0, 0.1) is 5.82 Å². The summed E-state index contributed by atoms with van der Waals surface area (Å²) in [7, 11) is 0. The third-order valence-corrected chi connectivity index (χ3v) is 4.42. The number of para-hydroxylation sites is 1. The van der Waals surface area contributed by atoms with Crippen LogP contribution in [0.1, 0.15) is 6.92 Å². The number of benzene rings is 2. The van der Waals surface area contributed by atoms with E-state index < -0.39 is 5.82 Å². The van der Waals surface area contributed by atoms with E-state index in [-0.39, 0.29) is 18.4 Å². The molecule has 3 rings (SSSR count). The van der Waals surface area contributed by atoms with Crippen LogP contribution in [-0.4, -0.2) is 54.3 Å². The van der Waals surface area contributed by atoms with E-state index in [0.29, 0.717) is 43.4 Å². The predicted octanol–water partition coefficient (Wildman–Crippen LogP) is 2.72. The van der Waals surface area contributed by atoms with Gasteiger partial charge in [-0.05, 0) is 24.3 Å². The molecule has 1 heterocycles. The monoisotopic (exact) mass is 371 g/mol. The van der Waals surface area contributed by atoms with Gasteiger partial charge in [0, 0.05) is 39.2 Å². The van der Waals surface area contributed by atoms with Crippen LogP contribution < -0.4 is 10.1 Å². The van der Waals surface area contributed by atoms with Gasteiger partial charge in [-0.2, -0.15) is 0 Å². The minimum absolute atomic E-state index is 0.0164. The van der Waals surface area contributed by atoms with Gasteiger partial charge in [0.1, 0.15) is 11.6 Å². The first-order chi connectivity index (χ1) is 13.0. The van der Waals surface area contributed by atoms with Gasteiger partial charge in [0.05, 0.1) is 12.2 Å². The van der Waals surface area contributed by atoms with Crippen molar-refractivity contribution in [2.45, 2.75) is 6.92 Å². The fraction of sp³-hybridized carbons (Fsp3) is 0.300. The molecular formula is C20H22FN3O3. The molecule has 1 saturated heterocycles. The van der Waals surface area contributed by atoms with Crippen molar-refractivity contribution >= 4 is 17.5 Å². The summed E-state index contributed by atoms with van der Waals surface area (Å²) in [6.45, 7) is 3.60. The number of amides is 2. The van der Waals surface area contributed by atoms with Crippen LogP contribution in [0.2, 0.25) is 0 Å². The van der Waals surface area contributed by atoms with Crippen LogP contribution in [0.5, 0.6) is 11.5 Å². The largest absolute Gasteiger partial charge is 0.455 e. The fourth-order valence-electron chi connectivity index (χ4n) is 2.90. The lowest BCUT2D eigenvalue weighted by Crippen LogP contribution is -2.51. The van der Waals surface area contributed by atoms with Gasteiger partial charge in [0.2, 0.25) is 11.8 Å². The van der Waals surface area contributed by atoms with Crippen LogP contribution in [0.3, 0.4) is 0 Å². The Morgan fingerprint density at radius 3 is 2.37 bits per heavy atom. The van der Waals surface area contributed by atoms with Crippen LogP contribution >= 0.6 is 0 Å². The van der Waals surface area contributed by atoms with Crippen LogP contribution in [0.4, 0.5) is 10.1 Å². The molecule has 27 heavy (non-hydrogen) atoms.